The topological polar surface area (TPSA) is 59.3 Å². The van der Waals surface area contributed by atoms with E-state index >= 15 is 0 Å². The Morgan fingerprint density at radius 3 is 2.74 bits per heavy atom. The molecule has 0 fully saturated rings. The summed E-state index contributed by atoms with van der Waals surface area (Å²) in [6, 6.07) is 9.12. The van der Waals surface area contributed by atoms with E-state index in [1.807, 2.05) is 31.2 Å². The van der Waals surface area contributed by atoms with Gasteiger partial charge in [0.05, 0.1) is 13.2 Å². The van der Waals surface area contributed by atoms with Crippen LogP contribution in [0.25, 0.3) is 6.08 Å². The van der Waals surface area contributed by atoms with Gasteiger partial charge < -0.3 is 9.47 Å². The van der Waals surface area contributed by atoms with Crippen LogP contribution in [0, 0.1) is 11.3 Å². The fraction of sp³-hybridized carbons (Fsp3) is 0.333. The number of rotatable bonds is 6. The Bertz CT molecular complexity index is 500. The maximum absolute atomic E-state index is 11.6. The van der Waals surface area contributed by atoms with Crippen molar-refractivity contribution in [3.05, 3.63) is 35.4 Å². The van der Waals surface area contributed by atoms with Gasteiger partial charge >= 0.3 is 5.97 Å². The van der Waals surface area contributed by atoms with E-state index in [0.717, 1.165) is 6.42 Å². The third-order valence-electron chi connectivity index (χ3n) is 2.30. The average Bonchev–Trinajstić information content (AvgIpc) is 2.43. The van der Waals surface area contributed by atoms with E-state index in [0.29, 0.717) is 17.9 Å². The quantitative estimate of drug-likeness (QED) is 0.447. The molecule has 0 aromatic heterocycles. The minimum Gasteiger partial charge on any atom is -0.493 e. The highest BCUT2D eigenvalue weighted by molar-refractivity contribution is 5.98. The van der Waals surface area contributed by atoms with Crippen LogP contribution in [0.4, 0.5) is 0 Å². The zero-order valence-corrected chi connectivity index (χ0v) is 11.2. The number of nitriles is 1. The molecule has 1 rings (SSSR count). The SMILES string of the molecule is CCCOc1ccccc1/C=C(\C#N)C(=O)OCC. The van der Waals surface area contributed by atoms with Gasteiger partial charge in [-0.3, -0.25) is 0 Å². The normalized spacial score (nSPS) is 10.7. The molecule has 1 aromatic carbocycles. The second-order valence-corrected chi connectivity index (χ2v) is 3.78. The van der Waals surface area contributed by atoms with E-state index in [1.54, 1.807) is 13.0 Å². The third-order valence-corrected chi connectivity index (χ3v) is 2.30. The molecule has 0 N–H and O–H groups in total. The maximum atomic E-state index is 11.6. The summed E-state index contributed by atoms with van der Waals surface area (Å²) in [5, 5.41) is 8.99. The highest BCUT2D eigenvalue weighted by atomic mass is 16.5. The molecule has 19 heavy (non-hydrogen) atoms. The number of carbonyl (C=O) groups is 1. The lowest BCUT2D eigenvalue weighted by atomic mass is 10.1. The van der Waals surface area contributed by atoms with Gasteiger partial charge in [-0.15, -0.1) is 0 Å². The Morgan fingerprint density at radius 1 is 1.37 bits per heavy atom. The number of nitrogens with zero attached hydrogens (tertiary/aromatic N) is 1. The predicted octanol–water partition coefficient (Wildman–Crippen LogP) is 2.95. The van der Waals surface area contributed by atoms with Crippen LogP contribution in [0.2, 0.25) is 0 Å². The number of benzene rings is 1. The molecule has 0 unspecified atom stereocenters. The number of esters is 1. The first-order valence-electron chi connectivity index (χ1n) is 6.23. The Morgan fingerprint density at radius 2 is 2.11 bits per heavy atom. The van der Waals surface area contributed by atoms with Gasteiger partial charge in [0.25, 0.3) is 0 Å². The first-order chi connectivity index (χ1) is 9.22. The minimum atomic E-state index is -0.615. The molecule has 4 nitrogen and oxygen atoms in total. The second kappa shape index (κ2) is 7.93. The molecule has 0 atom stereocenters. The number of para-hydroxylation sites is 1. The molecule has 0 aliphatic carbocycles. The van der Waals surface area contributed by atoms with Gasteiger partial charge in [-0.2, -0.15) is 5.26 Å². The van der Waals surface area contributed by atoms with Crippen molar-refractivity contribution >= 4 is 12.0 Å². The molecule has 0 spiro atoms. The van der Waals surface area contributed by atoms with Crippen LogP contribution < -0.4 is 4.74 Å². The van der Waals surface area contributed by atoms with Crippen LogP contribution in [-0.4, -0.2) is 19.2 Å². The molecule has 1 aromatic rings. The van der Waals surface area contributed by atoms with Crippen LogP contribution in [0.15, 0.2) is 29.8 Å². The first kappa shape index (κ1) is 14.8. The van der Waals surface area contributed by atoms with Crippen molar-refractivity contribution in [3.63, 3.8) is 0 Å². The molecule has 0 saturated carbocycles. The number of ether oxygens (including phenoxy) is 2. The first-order valence-corrected chi connectivity index (χ1v) is 6.23. The summed E-state index contributed by atoms with van der Waals surface area (Å²) in [5.74, 6) is 0.0386. The van der Waals surface area contributed by atoms with E-state index in [2.05, 4.69) is 0 Å². The summed E-state index contributed by atoms with van der Waals surface area (Å²) in [5.41, 5.74) is 0.662. The fourth-order valence-electron chi connectivity index (χ4n) is 1.44. The molecule has 0 heterocycles. The minimum absolute atomic E-state index is 0.0330. The lowest BCUT2D eigenvalue weighted by molar-refractivity contribution is -0.137. The van der Waals surface area contributed by atoms with E-state index in [4.69, 9.17) is 14.7 Å². The van der Waals surface area contributed by atoms with Crippen LogP contribution in [0.3, 0.4) is 0 Å². The average molecular weight is 259 g/mol. The van der Waals surface area contributed by atoms with Crippen molar-refractivity contribution in [2.75, 3.05) is 13.2 Å². The summed E-state index contributed by atoms with van der Waals surface area (Å²) < 4.78 is 10.4. The van der Waals surface area contributed by atoms with E-state index in [9.17, 15) is 4.79 Å². The van der Waals surface area contributed by atoms with E-state index in [-0.39, 0.29) is 12.2 Å². The molecule has 0 aliphatic rings. The molecule has 0 saturated heterocycles. The molecule has 0 aliphatic heterocycles. The monoisotopic (exact) mass is 259 g/mol. The Hall–Kier alpha value is -2.28. The molecule has 100 valence electrons. The molecule has 0 amide bonds. The molecular formula is C15H17NO3. The van der Waals surface area contributed by atoms with E-state index in [1.165, 1.54) is 6.08 Å². The predicted molar refractivity (Wildman–Crippen MR) is 72.5 cm³/mol. The van der Waals surface area contributed by atoms with Gasteiger partial charge in [0.15, 0.2) is 0 Å². The lowest BCUT2D eigenvalue weighted by Gasteiger charge is -2.08. The van der Waals surface area contributed by atoms with Gasteiger partial charge in [0.1, 0.15) is 17.4 Å². The summed E-state index contributed by atoms with van der Waals surface area (Å²) >= 11 is 0. The zero-order valence-electron chi connectivity index (χ0n) is 11.2. The van der Waals surface area contributed by atoms with Crippen molar-refractivity contribution < 1.29 is 14.3 Å². The van der Waals surface area contributed by atoms with E-state index < -0.39 is 5.97 Å². The van der Waals surface area contributed by atoms with Crippen LogP contribution >= 0.6 is 0 Å². The number of hydrogen-bond acceptors (Lipinski definition) is 4. The molecule has 0 radical (unpaired) electrons. The zero-order chi connectivity index (χ0) is 14.1. The summed E-state index contributed by atoms with van der Waals surface area (Å²) in [7, 11) is 0. The maximum Gasteiger partial charge on any atom is 0.348 e. The molecule has 4 heteroatoms. The number of hydrogen-bond donors (Lipinski definition) is 0. The lowest BCUT2D eigenvalue weighted by Crippen LogP contribution is -2.06. The standard InChI is InChI=1S/C15H17NO3/c1-3-9-19-14-8-6-5-7-12(14)10-13(11-16)15(17)18-4-2/h5-8,10H,3-4,9H2,1-2H3/b13-10+. The summed E-state index contributed by atoms with van der Waals surface area (Å²) in [6.07, 6.45) is 2.38. The Labute approximate surface area is 113 Å². The van der Waals surface area contributed by atoms with Gasteiger partial charge in [-0.05, 0) is 25.5 Å². The van der Waals surface area contributed by atoms with Crippen molar-refractivity contribution in [2.45, 2.75) is 20.3 Å². The van der Waals surface area contributed by atoms with Gasteiger partial charge in [0, 0.05) is 5.56 Å². The summed E-state index contributed by atoms with van der Waals surface area (Å²) in [4.78, 5) is 11.6. The highest BCUT2D eigenvalue weighted by Crippen LogP contribution is 2.21. The fourth-order valence-corrected chi connectivity index (χ4v) is 1.44. The third kappa shape index (κ3) is 4.47. The van der Waals surface area contributed by atoms with Crippen molar-refractivity contribution in [1.82, 2.24) is 0 Å². The number of carbonyl (C=O) groups excluding carboxylic acids is 1. The molecular weight excluding hydrogens is 242 g/mol. The Balaban J connectivity index is 3.01. The van der Waals surface area contributed by atoms with Crippen LogP contribution in [-0.2, 0) is 9.53 Å². The van der Waals surface area contributed by atoms with Gasteiger partial charge in [-0.1, -0.05) is 25.1 Å². The van der Waals surface area contributed by atoms with Crippen LogP contribution in [0.1, 0.15) is 25.8 Å². The Kier molecular flexibility index (Phi) is 6.17. The summed E-state index contributed by atoms with van der Waals surface area (Å²) in [6.45, 7) is 4.54. The largest absolute Gasteiger partial charge is 0.493 e. The smallest absolute Gasteiger partial charge is 0.348 e. The second-order valence-electron chi connectivity index (χ2n) is 3.78. The van der Waals surface area contributed by atoms with Crippen LogP contribution in [0.5, 0.6) is 5.75 Å². The van der Waals surface area contributed by atoms with Gasteiger partial charge in [0.2, 0.25) is 0 Å². The highest BCUT2D eigenvalue weighted by Gasteiger charge is 2.11. The van der Waals surface area contributed by atoms with Crippen molar-refractivity contribution in [1.29, 1.82) is 5.26 Å². The molecule has 0 bridgehead atoms. The van der Waals surface area contributed by atoms with Crippen molar-refractivity contribution in [3.8, 4) is 11.8 Å². The van der Waals surface area contributed by atoms with Gasteiger partial charge in [-0.25, -0.2) is 4.79 Å². The van der Waals surface area contributed by atoms with Crippen molar-refractivity contribution in [2.24, 2.45) is 0 Å².